The van der Waals surface area contributed by atoms with Gasteiger partial charge in [-0.2, -0.15) is 11.8 Å². The SMILES string of the molecule is CSCCC(NC(=O)CNC(=O)C(N)Cc1ccc(O)cc1)C(=O)NC(Cc1ccccc1)C(=O)O. The molecule has 2 aromatic carbocycles. The quantitative estimate of drug-likeness (QED) is 0.210. The summed E-state index contributed by atoms with van der Waals surface area (Å²) in [6, 6.07) is 12.1. The molecule has 0 aromatic heterocycles. The lowest BCUT2D eigenvalue weighted by Crippen LogP contribution is -2.54. The number of phenols is 1. The van der Waals surface area contributed by atoms with Crippen LogP contribution in [0, 0.1) is 0 Å². The number of aliphatic carboxylic acids is 1. The number of carbonyl (C=O) groups excluding carboxylic acids is 3. The molecule has 0 aliphatic rings. The summed E-state index contributed by atoms with van der Waals surface area (Å²) in [4.78, 5) is 49.3. The number of carboxylic acids is 1. The fourth-order valence-electron chi connectivity index (χ4n) is 3.35. The first-order valence-electron chi connectivity index (χ1n) is 11.4. The van der Waals surface area contributed by atoms with E-state index in [2.05, 4.69) is 16.0 Å². The van der Waals surface area contributed by atoms with Crippen molar-refractivity contribution in [2.24, 2.45) is 5.73 Å². The standard InChI is InChI=1S/C25H32N4O6S/c1-36-12-11-20(24(33)29-21(25(34)35)14-16-5-3-2-4-6-16)28-22(31)15-27-23(32)19(26)13-17-7-9-18(30)10-8-17/h2-10,19-21,30H,11-15,26H2,1H3,(H,27,32)(H,28,31)(H,29,33)(H,34,35). The van der Waals surface area contributed by atoms with E-state index in [1.54, 1.807) is 36.4 Å². The summed E-state index contributed by atoms with van der Waals surface area (Å²) in [5, 5.41) is 26.4. The minimum Gasteiger partial charge on any atom is -0.508 e. The molecule has 0 aliphatic carbocycles. The highest BCUT2D eigenvalue weighted by molar-refractivity contribution is 7.98. The first kappa shape index (κ1) is 28.7. The molecule has 10 nitrogen and oxygen atoms in total. The minimum atomic E-state index is -1.18. The average Bonchev–Trinajstić information content (AvgIpc) is 2.86. The number of hydrogen-bond donors (Lipinski definition) is 6. The van der Waals surface area contributed by atoms with Crippen LogP contribution < -0.4 is 21.7 Å². The van der Waals surface area contributed by atoms with Gasteiger partial charge in [0.25, 0.3) is 0 Å². The van der Waals surface area contributed by atoms with Crippen LogP contribution in [0.4, 0.5) is 0 Å². The van der Waals surface area contributed by atoms with E-state index >= 15 is 0 Å². The highest BCUT2D eigenvalue weighted by Crippen LogP contribution is 2.11. The van der Waals surface area contributed by atoms with Crippen LogP contribution in [-0.4, -0.2) is 70.6 Å². The molecule has 36 heavy (non-hydrogen) atoms. The molecule has 3 unspecified atom stereocenters. The number of benzene rings is 2. The van der Waals surface area contributed by atoms with Crippen LogP contribution in [0.2, 0.25) is 0 Å². The molecule has 0 spiro atoms. The molecule has 3 amide bonds. The molecule has 0 fully saturated rings. The molecular weight excluding hydrogens is 484 g/mol. The van der Waals surface area contributed by atoms with Gasteiger partial charge in [-0.05, 0) is 48.1 Å². The Bertz CT molecular complexity index is 1020. The second-order valence-electron chi connectivity index (χ2n) is 8.19. The van der Waals surface area contributed by atoms with E-state index in [1.165, 1.54) is 23.9 Å². The van der Waals surface area contributed by atoms with Crippen molar-refractivity contribution in [2.75, 3.05) is 18.6 Å². The summed E-state index contributed by atoms with van der Waals surface area (Å²) in [5.74, 6) is -2.29. The van der Waals surface area contributed by atoms with Crippen LogP contribution in [-0.2, 0) is 32.0 Å². The van der Waals surface area contributed by atoms with E-state index in [9.17, 15) is 29.4 Å². The Kier molecular flexibility index (Phi) is 11.7. The molecule has 2 aromatic rings. The Balaban J connectivity index is 1.91. The number of amides is 3. The fraction of sp³-hybridized carbons (Fsp3) is 0.360. The maximum absolute atomic E-state index is 12.8. The van der Waals surface area contributed by atoms with Crippen LogP contribution in [0.25, 0.3) is 0 Å². The van der Waals surface area contributed by atoms with E-state index in [4.69, 9.17) is 5.73 Å². The zero-order valence-electron chi connectivity index (χ0n) is 20.0. The normalized spacial score (nSPS) is 13.2. The van der Waals surface area contributed by atoms with Gasteiger partial charge < -0.3 is 31.9 Å². The van der Waals surface area contributed by atoms with Crippen LogP contribution >= 0.6 is 11.8 Å². The number of phenolic OH excluding ortho intramolecular Hbond substituents is 1. The minimum absolute atomic E-state index is 0.0973. The Labute approximate surface area is 214 Å². The second kappa shape index (κ2) is 14.7. The number of aromatic hydroxyl groups is 1. The zero-order valence-corrected chi connectivity index (χ0v) is 20.8. The molecule has 194 valence electrons. The van der Waals surface area contributed by atoms with Crippen molar-refractivity contribution in [1.82, 2.24) is 16.0 Å². The molecule has 0 heterocycles. The first-order chi connectivity index (χ1) is 17.2. The Morgan fingerprint density at radius 2 is 1.53 bits per heavy atom. The van der Waals surface area contributed by atoms with Gasteiger partial charge in [0.2, 0.25) is 17.7 Å². The molecule has 0 saturated heterocycles. The maximum atomic E-state index is 12.8. The summed E-state index contributed by atoms with van der Waals surface area (Å²) < 4.78 is 0. The van der Waals surface area contributed by atoms with Gasteiger partial charge >= 0.3 is 5.97 Å². The number of hydrogen-bond acceptors (Lipinski definition) is 7. The van der Waals surface area contributed by atoms with E-state index < -0.39 is 48.4 Å². The summed E-state index contributed by atoms with van der Waals surface area (Å²) in [7, 11) is 0. The van der Waals surface area contributed by atoms with Gasteiger partial charge in [-0.15, -0.1) is 0 Å². The van der Waals surface area contributed by atoms with Crippen molar-refractivity contribution >= 4 is 35.5 Å². The van der Waals surface area contributed by atoms with Gasteiger partial charge in [-0.3, -0.25) is 14.4 Å². The van der Waals surface area contributed by atoms with Crippen molar-refractivity contribution in [1.29, 1.82) is 0 Å². The van der Waals surface area contributed by atoms with Crippen molar-refractivity contribution < 1.29 is 29.4 Å². The highest BCUT2D eigenvalue weighted by atomic mass is 32.2. The van der Waals surface area contributed by atoms with E-state index in [0.29, 0.717) is 5.75 Å². The summed E-state index contributed by atoms with van der Waals surface area (Å²) in [5.41, 5.74) is 7.40. The monoisotopic (exact) mass is 516 g/mol. The lowest BCUT2D eigenvalue weighted by atomic mass is 10.1. The summed E-state index contributed by atoms with van der Waals surface area (Å²) in [6.45, 7) is -0.391. The first-order valence-corrected chi connectivity index (χ1v) is 12.8. The maximum Gasteiger partial charge on any atom is 0.326 e. The van der Waals surface area contributed by atoms with Gasteiger partial charge in [0.1, 0.15) is 17.8 Å². The number of nitrogens with one attached hydrogen (secondary N) is 3. The van der Waals surface area contributed by atoms with Gasteiger partial charge in [-0.25, -0.2) is 4.79 Å². The summed E-state index contributed by atoms with van der Waals surface area (Å²) in [6.07, 6.45) is 2.44. The predicted octanol–water partition coefficient (Wildman–Crippen LogP) is 0.428. The van der Waals surface area contributed by atoms with Gasteiger partial charge in [0, 0.05) is 6.42 Å². The molecule has 3 atom stereocenters. The van der Waals surface area contributed by atoms with Crippen LogP contribution in [0.1, 0.15) is 17.5 Å². The number of rotatable bonds is 14. The largest absolute Gasteiger partial charge is 0.508 e. The third kappa shape index (κ3) is 9.96. The van der Waals surface area contributed by atoms with Crippen molar-refractivity contribution in [3.05, 3.63) is 65.7 Å². The summed E-state index contributed by atoms with van der Waals surface area (Å²) >= 11 is 1.48. The molecular formula is C25H32N4O6S. The predicted molar refractivity (Wildman–Crippen MR) is 137 cm³/mol. The fourth-order valence-corrected chi connectivity index (χ4v) is 3.82. The molecule has 0 bridgehead atoms. The number of carbonyl (C=O) groups is 4. The zero-order chi connectivity index (χ0) is 26.5. The Hall–Kier alpha value is -3.57. The second-order valence-corrected chi connectivity index (χ2v) is 9.17. The topological polar surface area (TPSA) is 171 Å². The molecule has 11 heteroatoms. The van der Waals surface area contributed by atoms with Crippen molar-refractivity contribution in [3.63, 3.8) is 0 Å². The van der Waals surface area contributed by atoms with E-state index in [0.717, 1.165) is 11.1 Å². The third-order valence-electron chi connectivity index (χ3n) is 5.31. The average molecular weight is 517 g/mol. The molecule has 0 aliphatic heterocycles. The number of thioether (sulfide) groups is 1. The smallest absolute Gasteiger partial charge is 0.326 e. The van der Waals surface area contributed by atoms with Gasteiger partial charge in [-0.1, -0.05) is 42.5 Å². The Morgan fingerprint density at radius 1 is 0.889 bits per heavy atom. The van der Waals surface area contributed by atoms with Crippen molar-refractivity contribution in [2.45, 2.75) is 37.4 Å². The molecule has 0 radical (unpaired) electrons. The third-order valence-corrected chi connectivity index (χ3v) is 5.96. The highest BCUT2D eigenvalue weighted by Gasteiger charge is 2.27. The van der Waals surface area contributed by atoms with Gasteiger partial charge in [0.05, 0.1) is 12.6 Å². The molecule has 7 N–H and O–H groups in total. The number of nitrogens with two attached hydrogens (primary N) is 1. The Morgan fingerprint density at radius 3 is 2.14 bits per heavy atom. The van der Waals surface area contributed by atoms with Gasteiger partial charge in [0.15, 0.2) is 0 Å². The van der Waals surface area contributed by atoms with Crippen LogP contribution in [0.15, 0.2) is 54.6 Å². The van der Waals surface area contributed by atoms with E-state index in [-0.39, 0.29) is 25.0 Å². The number of carboxylic acid groups (broad SMARTS) is 1. The molecule has 0 saturated carbocycles. The van der Waals surface area contributed by atoms with Crippen LogP contribution in [0.3, 0.4) is 0 Å². The van der Waals surface area contributed by atoms with Crippen LogP contribution in [0.5, 0.6) is 5.75 Å². The lowest BCUT2D eigenvalue weighted by Gasteiger charge is -2.22. The van der Waals surface area contributed by atoms with Crippen molar-refractivity contribution in [3.8, 4) is 5.75 Å². The molecule has 2 rings (SSSR count). The van der Waals surface area contributed by atoms with E-state index in [1.807, 2.05) is 12.3 Å². The lowest BCUT2D eigenvalue weighted by molar-refractivity contribution is -0.142.